The standard InChI is InChI=1S/C26H21N3O5/c1-16-10-17(2)12-20(11-16)13-18-6-8-19(9-7-18)14-23-24(30)27-26(32)28(25(23)31)21-4-3-5-22(15-21)29(33)34/h3-12,14-15H,13H2,1-2H3,(H,27,30,32)/b23-14+. The molecule has 1 heterocycles. The second kappa shape index (κ2) is 9.11. The number of imide groups is 2. The monoisotopic (exact) mass is 455 g/mol. The summed E-state index contributed by atoms with van der Waals surface area (Å²) in [5, 5.41) is 13.2. The van der Waals surface area contributed by atoms with Crippen molar-refractivity contribution in [3.05, 3.63) is 110 Å². The van der Waals surface area contributed by atoms with Crippen molar-refractivity contribution in [2.24, 2.45) is 0 Å². The molecule has 1 aliphatic heterocycles. The number of nitrogens with one attached hydrogen (secondary N) is 1. The molecule has 3 aromatic carbocycles. The van der Waals surface area contributed by atoms with Crippen molar-refractivity contribution in [1.29, 1.82) is 0 Å². The predicted molar refractivity (Wildman–Crippen MR) is 127 cm³/mol. The lowest BCUT2D eigenvalue weighted by atomic mass is 9.99. The Kier molecular flexibility index (Phi) is 6.05. The van der Waals surface area contributed by atoms with Gasteiger partial charge in [0.25, 0.3) is 17.5 Å². The average molecular weight is 455 g/mol. The third-order valence-corrected chi connectivity index (χ3v) is 5.38. The maximum Gasteiger partial charge on any atom is 0.335 e. The van der Waals surface area contributed by atoms with Crippen LogP contribution in [0.4, 0.5) is 16.2 Å². The fourth-order valence-corrected chi connectivity index (χ4v) is 3.94. The van der Waals surface area contributed by atoms with E-state index in [4.69, 9.17) is 0 Å². The first-order valence-corrected chi connectivity index (χ1v) is 10.5. The molecule has 0 atom stereocenters. The van der Waals surface area contributed by atoms with Gasteiger partial charge in [-0.05, 0) is 49.1 Å². The summed E-state index contributed by atoms with van der Waals surface area (Å²) in [6.07, 6.45) is 2.14. The van der Waals surface area contributed by atoms with Crippen LogP contribution in [0.15, 0.2) is 72.3 Å². The van der Waals surface area contributed by atoms with Crippen LogP contribution in [0, 0.1) is 24.0 Å². The van der Waals surface area contributed by atoms with Crippen LogP contribution in [0.5, 0.6) is 0 Å². The van der Waals surface area contributed by atoms with E-state index in [0.29, 0.717) is 10.5 Å². The van der Waals surface area contributed by atoms with Crippen molar-refractivity contribution in [3.8, 4) is 0 Å². The summed E-state index contributed by atoms with van der Waals surface area (Å²) in [5.41, 5.74) is 4.74. The molecule has 1 N–H and O–H groups in total. The number of anilines is 1. The lowest BCUT2D eigenvalue weighted by Gasteiger charge is -2.26. The smallest absolute Gasteiger partial charge is 0.273 e. The molecule has 8 nitrogen and oxygen atoms in total. The van der Waals surface area contributed by atoms with Crippen LogP contribution in [0.2, 0.25) is 0 Å². The molecule has 170 valence electrons. The van der Waals surface area contributed by atoms with Gasteiger partial charge in [-0.25, -0.2) is 9.69 Å². The molecule has 0 radical (unpaired) electrons. The number of carbonyl (C=O) groups excluding carboxylic acids is 3. The molecule has 0 aromatic heterocycles. The molecule has 0 spiro atoms. The molecule has 4 amide bonds. The maximum absolute atomic E-state index is 13.0. The van der Waals surface area contributed by atoms with E-state index < -0.39 is 22.8 Å². The van der Waals surface area contributed by atoms with Crippen LogP contribution >= 0.6 is 0 Å². The van der Waals surface area contributed by atoms with Crippen molar-refractivity contribution in [2.45, 2.75) is 20.3 Å². The highest BCUT2D eigenvalue weighted by molar-refractivity contribution is 6.39. The Morgan fingerprint density at radius 1 is 0.912 bits per heavy atom. The minimum Gasteiger partial charge on any atom is -0.273 e. The van der Waals surface area contributed by atoms with E-state index in [1.54, 1.807) is 12.1 Å². The summed E-state index contributed by atoms with van der Waals surface area (Å²) in [6, 6.07) is 17.9. The summed E-state index contributed by atoms with van der Waals surface area (Å²) in [5.74, 6) is -1.68. The molecule has 0 aliphatic carbocycles. The zero-order chi connectivity index (χ0) is 24.4. The Morgan fingerprint density at radius 2 is 1.59 bits per heavy atom. The molecule has 34 heavy (non-hydrogen) atoms. The second-order valence-electron chi connectivity index (χ2n) is 8.15. The Balaban J connectivity index is 1.59. The van der Waals surface area contributed by atoms with Gasteiger partial charge in [0.15, 0.2) is 0 Å². The summed E-state index contributed by atoms with van der Waals surface area (Å²) < 4.78 is 0. The lowest BCUT2D eigenvalue weighted by Crippen LogP contribution is -2.54. The van der Waals surface area contributed by atoms with Gasteiger partial charge in [-0.3, -0.25) is 25.0 Å². The third kappa shape index (κ3) is 4.75. The zero-order valence-corrected chi connectivity index (χ0v) is 18.6. The van der Waals surface area contributed by atoms with E-state index in [9.17, 15) is 24.5 Å². The maximum atomic E-state index is 13.0. The van der Waals surface area contributed by atoms with Gasteiger partial charge in [0, 0.05) is 12.1 Å². The number of hydrogen-bond acceptors (Lipinski definition) is 5. The summed E-state index contributed by atoms with van der Waals surface area (Å²) >= 11 is 0. The minimum absolute atomic E-state index is 0.00102. The fraction of sp³-hybridized carbons (Fsp3) is 0.115. The number of aryl methyl sites for hydroxylation is 2. The van der Waals surface area contributed by atoms with Crippen molar-refractivity contribution >= 4 is 35.3 Å². The van der Waals surface area contributed by atoms with Crippen molar-refractivity contribution in [3.63, 3.8) is 0 Å². The highest BCUT2D eigenvalue weighted by atomic mass is 16.6. The van der Waals surface area contributed by atoms with Crippen molar-refractivity contribution in [1.82, 2.24) is 5.32 Å². The SMILES string of the molecule is Cc1cc(C)cc(Cc2ccc(/C=C3\C(=O)NC(=O)N(c4cccc([N+](=O)[O-])c4)C3=O)cc2)c1. The van der Waals surface area contributed by atoms with Crippen LogP contribution in [0.1, 0.15) is 27.8 Å². The highest BCUT2D eigenvalue weighted by Crippen LogP contribution is 2.25. The summed E-state index contributed by atoms with van der Waals surface area (Å²) in [4.78, 5) is 48.9. The number of nitro groups is 1. The number of amides is 4. The van der Waals surface area contributed by atoms with Gasteiger partial charge in [0.2, 0.25) is 0 Å². The normalized spacial score (nSPS) is 14.9. The molecule has 0 bridgehead atoms. The topological polar surface area (TPSA) is 110 Å². The summed E-state index contributed by atoms with van der Waals surface area (Å²) in [7, 11) is 0. The van der Waals surface area contributed by atoms with E-state index in [2.05, 4.69) is 37.4 Å². The number of nitrogens with zero attached hydrogens (tertiary/aromatic N) is 2. The Bertz CT molecular complexity index is 1340. The predicted octanol–water partition coefficient (Wildman–Crippen LogP) is 4.47. The molecule has 0 unspecified atom stereocenters. The van der Waals surface area contributed by atoms with Gasteiger partial charge >= 0.3 is 6.03 Å². The molecule has 1 saturated heterocycles. The number of nitro benzene ring substituents is 1. The van der Waals surface area contributed by atoms with Gasteiger partial charge in [-0.2, -0.15) is 0 Å². The quantitative estimate of drug-likeness (QED) is 0.264. The number of carbonyl (C=O) groups is 3. The van der Waals surface area contributed by atoms with E-state index in [-0.39, 0.29) is 16.9 Å². The first-order chi connectivity index (χ1) is 16.2. The lowest BCUT2D eigenvalue weighted by molar-refractivity contribution is -0.384. The van der Waals surface area contributed by atoms with Gasteiger partial charge < -0.3 is 0 Å². The van der Waals surface area contributed by atoms with Gasteiger partial charge in [-0.1, -0.05) is 59.7 Å². The average Bonchev–Trinajstić information content (AvgIpc) is 2.77. The van der Waals surface area contributed by atoms with Crippen LogP contribution in [0.25, 0.3) is 6.08 Å². The summed E-state index contributed by atoms with van der Waals surface area (Å²) in [6.45, 7) is 4.11. The third-order valence-electron chi connectivity index (χ3n) is 5.38. The number of hydrogen-bond donors (Lipinski definition) is 1. The van der Waals surface area contributed by atoms with E-state index >= 15 is 0 Å². The molecule has 1 aliphatic rings. The first kappa shape index (κ1) is 22.6. The number of non-ortho nitro benzene ring substituents is 1. The van der Waals surface area contributed by atoms with Crippen LogP contribution in [-0.2, 0) is 16.0 Å². The zero-order valence-electron chi connectivity index (χ0n) is 18.6. The van der Waals surface area contributed by atoms with E-state index in [0.717, 1.165) is 18.1 Å². The van der Waals surface area contributed by atoms with Crippen LogP contribution in [-0.4, -0.2) is 22.8 Å². The van der Waals surface area contributed by atoms with Gasteiger partial charge in [0.1, 0.15) is 5.57 Å². The molecular weight excluding hydrogens is 434 g/mol. The molecule has 8 heteroatoms. The first-order valence-electron chi connectivity index (χ1n) is 10.5. The van der Waals surface area contributed by atoms with E-state index in [1.165, 1.54) is 41.0 Å². The Hall–Kier alpha value is -4.59. The number of barbiturate groups is 1. The van der Waals surface area contributed by atoms with Crippen LogP contribution in [0.3, 0.4) is 0 Å². The number of rotatable bonds is 5. The van der Waals surface area contributed by atoms with Gasteiger partial charge in [-0.15, -0.1) is 0 Å². The second-order valence-corrected chi connectivity index (χ2v) is 8.15. The molecule has 4 rings (SSSR count). The van der Waals surface area contributed by atoms with Gasteiger partial charge in [0.05, 0.1) is 10.6 Å². The molecule has 0 saturated carbocycles. The van der Waals surface area contributed by atoms with Crippen molar-refractivity contribution in [2.75, 3.05) is 4.90 Å². The largest absolute Gasteiger partial charge is 0.335 e. The highest BCUT2D eigenvalue weighted by Gasteiger charge is 2.37. The fourth-order valence-electron chi connectivity index (χ4n) is 3.94. The van der Waals surface area contributed by atoms with Crippen LogP contribution < -0.4 is 10.2 Å². The minimum atomic E-state index is -0.962. The molecular formula is C26H21N3O5. The molecule has 3 aromatic rings. The molecule has 1 fully saturated rings. The Morgan fingerprint density at radius 3 is 2.24 bits per heavy atom. The van der Waals surface area contributed by atoms with Crippen molar-refractivity contribution < 1.29 is 19.3 Å². The van der Waals surface area contributed by atoms with E-state index in [1.807, 2.05) is 12.1 Å². The number of urea groups is 1. The Labute approximate surface area is 195 Å². The number of benzene rings is 3.